The number of carbonyl (C=O) groups is 1. The van der Waals surface area contributed by atoms with Crippen LogP contribution in [0.25, 0.3) is 0 Å². The van der Waals surface area contributed by atoms with Gasteiger partial charge in [-0.25, -0.2) is 4.79 Å². The Morgan fingerprint density at radius 1 is 0.895 bits per heavy atom. The Morgan fingerprint density at radius 3 is 1.42 bits per heavy atom. The summed E-state index contributed by atoms with van der Waals surface area (Å²) in [6.45, 7) is 0. The number of carboxylic acid groups (broad SMARTS) is 1. The number of carboxylic acids is 1. The summed E-state index contributed by atoms with van der Waals surface area (Å²) in [5.74, 6) is -1.61. The van der Waals surface area contributed by atoms with E-state index in [-0.39, 0.29) is 62.0 Å². The predicted molar refractivity (Wildman–Crippen MR) is 55.3 cm³/mol. The van der Waals surface area contributed by atoms with Gasteiger partial charge in [0.2, 0.25) is 0 Å². The van der Waals surface area contributed by atoms with E-state index in [2.05, 4.69) is 0 Å². The van der Waals surface area contributed by atoms with Crippen LogP contribution >= 0.6 is 0 Å². The molecule has 0 atom stereocenters. The van der Waals surface area contributed by atoms with E-state index in [1.807, 2.05) is 0 Å². The van der Waals surface area contributed by atoms with Crippen molar-refractivity contribution in [3.63, 3.8) is 0 Å². The predicted octanol–water partition coefficient (Wildman–Crippen LogP) is -5.89. The second-order valence-corrected chi connectivity index (χ2v) is 5.79. The van der Waals surface area contributed by atoms with Crippen molar-refractivity contribution in [2.75, 3.05) is 0 Å². The van der Waals surface area contributed by atoms with E-state index in [9.17, 15) is 21.6 Å². The summed E-state index contributed by atoms with van der Waals surface area (Å²) in [5.41, 5.74) is -0.701. The zero-order valence-corrected chi connectivity index (χ0v) is 15.6. The van der Waals surface area contributed by atoms with Gasteiger partial charge in [0.1, 0.15) is 0 Å². The molecule has 0 aliphatic rings. The standard InChI is InChI=1S/C7H6O8S2.2Na.2H/c8-7(9)4-1-5(16(10,11)12)3-6(2-4)17(13,14)15;;;;/h1-3H,(H,8,9)(H,10,11,12)(H,13,14,15);;;;/q;2*+1;2*-1. The Balaban J connectivity index is -0.000000361. The summed E-state index contributed by atoms with van der Waals surface area (Å²) in [4.78, 5) is 8.73. The summed E-state index contributed by atoms with van der Waals surface area (Å²) in [6.07, 6.45) is 0. The monoisotopic (exact) mass is 330 g/mol. The zero-order chi connectivity index (χ0) is 13.4. The van der Waals surface area contributed by atoms with Gasteiger partial charge in [0.05, 0.1) is 15.4 Å². The molecule has 8 nitrogen and oxygen atoms in total. The molecule has 0 unspecified atom stereocenters. The molecule has 0 spiro atoms. The molecule has 0 heterocycles. The van der Waals surface area contributed by atoms with Gasteiger partial charge in [-0.15, -0.1) is 0 Å². The Morgan fingerprint density at radius 2 is 1.21 bits per heavy atom. The molecule has 1 rings (SSSR count). The van der Waals surface area contributed by atoms with E-state index in [1.54, 1.807) is 0 Å². The summed E-state index contributed by atoms with van der Waals surface area (Å²) >= 11 is 0. The van der Waals surface area contributed by atoms with Crippen molar-refractivity contribution in [1.29, 1.82) is 0 Å². The fourth-order valence-electron chi connectivity index (χ4n) is 0.993. The van der Waals surface area contributed by atoms with E-state index in [0.29, 0.717) is 18.2 Å². The van der Waals surface area contributed by atoms with Gasteiger partial charge in [-0.1, -0.05) is 0 Å². The molecular formula is C7H8Na2O8S2. The van der Waals surface area contributed by atoms with E-state index < -0.39 is 41.6 Å². The smallest absolute Gasteiger partial charge is 1.00 e. The first kappa shape index (κ1) is 21.8. The fourth-order valence-corrected chi connectivity index (χ4v) is 2.17. The van der Waals surface area contributed by atoms with Gasteiger partial charge in [-0.3, -0.25) is 9.11 Å². The summed E-state index contributed by atoms with van der Waals surface area (Å²) < 4.78 is 60.5. The van der Waals surface area contributed by atoms with E-state index >= 15 is 0 Å². The van der Waals surface area contributed by atoms with Crippen molar-refractivity contribution >= 4 is 26.2 Å². The van der Waals surface area contributed by atoms with Crippen molar-refractivity contribution in [2.24, 2.45) is 0 Å². The molecule has 0 aromatic heterocycles. The molecular weight excluding hydrogens is 322 g/mol. The van der Waals surface area contributed by atoms with Crippen LogP contribution in [0.1, 0.15) is 13.2 Å². The fraction of sp³-hybridized carbons (Fsp3) is 0. The topological polar surface area (TPSA) is 146 Å². The third-order valence-electron chi connectivity index (χ3n) is 1.72. The summed E-state index contributed by atoms with van der Waals surface area (Å²) in [6, 6.07) is 1.57. The number of hydrogen-bond acceptors (Lipinski definition) is 5. The van der Waals surface area contributed by atoms with E-state index in [4.69, 9.17) is 14.2 Å². The molecule has 19 heavy (non-hydrogen) atoms. The number of rotatable bonds is 3. The van der Waals surface area contributed by atoms with Crippen LogP contribution in [0.3, 0.4) is 0 Å². The first-order valence-corrected chi connectivity index (χ1v) is 6.73. The minimum atomic E-state index is -4.78. The minimum Gasteiger partial charge on any atom is -1.00 e. The number of hydrogen-bond donors (Lipinski definition) is 3. The molecule has 0 saturated carbocycles. The van der Waals surface area contributed by atoms with Crippen LogP contribution in [-0.4, -0.2) is 37.0 Å². The third kappa shape index (κ3) is 6.21. The van der Waals surface area contributed by atoms with Gasteiger partial charge in [0.15, 0.2) is 0 Å². The Kier molecular flexibility index (Phi) is 8.60. The quantitative estimate of drug-likeness (QED) is 0.367. The van der Waals surface area contributed by atoms with E-state index in [1.165, 1.54) is 0 Å². The first-order chi connectivity index (χ1) is 7.51. The molecule has 0 radical (unpaired) electrons. The average Bonchev–Trinajstić information content (AvgIpc) is 2.14. The summed E-state index contributed by atoms with van der Waals surface area (Å²) in [7, 11) is -9.56. The molecule has 98 valence electrons. The number of benzene rings is 1. The van der Waals surface area contributed by atoms with Crippen molar-refractivity contribution < 1.29 is 97.8 Å². The maximum atomic E-state index is 10.8. The van der Waals surface area contributed by atoms with Crippen molar-refractivity contribution in [3.8, 4) is 0 Å². The minimum absolute atomic E-state index is 0. The summed E-state index contributed by atoms with van der Waals surface area (Å²) in [5, 5.41) is 8.61. The second-order valence-electron chi connectivity index (χ2n) is 2.95. The van der Waals surface area contributed by atoms with Gasteiger partial charge in [-0.2, -0.15) is 16.8 Å². The third-order valence-corrected chi connectivity index (χ3v) is 3.39. The van der Waals surface area contributed by atoms with Crippen LogP contribution < -0.4 is 59.1 Å². The Labute approximate surface area is 156 Å². The van der Waals surface area contributed by atoms with Crippen molar-refractivity contribution in [1.82, 2.24) is 0 Å². The number of aromatic carboxylic acids is 1. The van der Waals surface area contributed by atoms with Crippen LogP contribution in [-0.2, 0) is 20.2 Å². The Hall–Kier alpha value is 0.510. The molecule has 0 aliphatic carbocycles. The first-order valence-electron chi connectivity index (χ1n) is 3.85. The SMILES string of the molecule is O=C(O)c1cc(S(=O)(=O)O)cc(S(=O)(=O)O)c1.[H-].[H-].[Na+].[Na+]. The van der Waals surface area contributed by atoms with E-state index in [0.717, 1.165) is 0 Å². The van der Waals surface area contributed by atoms with Gasteiger partial charge < -0.3 is 7.96 Å². The molecule has 0 aliphatic heterocycles. The van der Waals surface area contributed by atoms with Gasteiger partial charge in [0.25, 0.3) is 20.2 Å². The Bertz CT molecular complexity index is 638. The molecule has 0 saturated heterocycles. The normalized spacial score (nSPS) is 11.1. The molecule has 3 N–H and O–H groups in total. The molecule has 1 aromatic carbocycles. The van der Waals surface area contributed by atoms with Crippen molar-refractivity contribution in [2.45, 2.75) is 9.79 Å². The molecule has 0 bridgehead atoms. The van der Waals surface area contributed by atoms with Gasteiger partial charge in [-0.05, 0) is 18.2 Å². The van der Waals surface area contributed by atoms with Crippen LogP contribution in [0.2, 0.25) is 0 Å². The van der Waals surface area contributed by atoms with Gasteiger partial charge >= 0.3 is 65.1 Å². The van der Waals surface area contributed by atoms with Crippen LogP contribution in [0.5, 0.6) is 0 Å². The molecule has 0 amide bonds. The van der Waals surface area contributed by atoms with Gasteiger partial charge in [0, 0.05) is 0 Å². The van der Waals surface area contributed by atoms with Crippen LogP contribution in [0.15, 0.2) is 28.0 Å². The molecule has 12 heteroatoms. The maximum Gasteiger partial charge on any atom is 1.00 e. The van der Waals surface area contributed by atoms with Crippen LogP contribution in [0.4, 0.5) is 0 Å². The van der Waals surface area contributed by atoms with Crippen molar-refractivity contribution in [3.05, 3.63) is 23.8 Å². The average molecular weight is 330 g/mol. The maximum absolute atomic E-state index is 10.8. The zero-order valence-electron chi connectivity index (χ0n) is 11.9. The molecule has 1 aromatic rings. The molecule has 0 fully saturated rings. The largest absolute Gasteiger partial charge is 1.00 e. The second kappa shape index (κ2) is 7.50. The van der Waals surface area contributed by atoms with Crippen LogP contribution in [0, 0.1) is 0 Å².